The van der Waals surface area contributed by atoms with Crippen LogP contribution in [0.3, 0.4) is 0 Å². The predicted molar refractivity (Wildman–Crippen MR) is 71.9 cm³/mol. The first kappa shape index (κ1) is 12.9. The van der Waals surface area contributed by atoms with Gasteiger partial charge in [-0.05, 0) is 43.2 Å². The number of methoxy groups -OCH3 is 1. The first-order valence-corrected chi connectivity index (χ1v) is 6.50. The monoisotopic (exact) mass is 247 g/mol. The van der Waals surface area contributed by atoms with E-state index >= 15 is 0 Å². The summed E-state index contributed by atoms with van der Waals surface area (Å²) in [4.78, 5) is 11.7. The maximum Gasteiger partial charge on any atom is 0.220 e. The highest BCUT2D eigenvalue weighted by Crippen LogP contribution is 2.47. The molecule has 18 heavy (non-hydrogen) atoms. The number of benzene rings is 1. The molecule has 2 rings (SSSR count). The molecule has 3 nitrogen and oxygen atoms in total. The normalized spacial score (nSPS) is 16.2. The second-order valence-corrected chi connectivity index (χ2v) is 5.07. The summed E-state index contributed by atoms with van der Waals surface area (Å²) < 4.78 is 5.44. The fourth-order valence-corrected chi connectivity index (χ4v) is 2.47. The highest BCUT2D eigenvalue weighted by Gasteiger charge is 2.35. The molecule has 98 valence electrons. The number of nitrogens with one attached hydrogen (secondary N) is 1. The van der Waals surface area contributed by atoms with Crippen LogP contribution in [0, 0.1) is 12.8 Å². The van der Waals surface area contributed by atoms with Crippen LogP contribution >= 0.6 is 0 Å². The van der Waals surface area contributed by atoms with Crippen molar-refractivity contribution in [1.29, 1.82) is 0 Å². The van der Waals surface area contributed by atoms with Gasteiger partial charge in [-0.25, -0.2) is 0 Å². The Hall–Kier alpha value is -1.51. The summed E-state index contributed by atoms with van der Waals surface area (Å²) in [7, 11) is 3.39. The van der Waals surface area contributed by atoms with Crippen molar-refractivity contribution in [3.63, 3.8) is 0 Å². The second kappa shape index (κ2) is 5.42. The van der Waals surface area contributed by atoms with Gasteiger partial charge in [0.25, 0.3) is 0 Å². The molecule has 0 aromatic heterocycles. The fourth-order valence-electron chi connectivity index (χ4n) is 2.47. The Kier molecular flexibility index (Phi) is 3.90. The van der Waals surface area contributed by atoms with Crippen molar-refractivity contribution in [2.24, 2.45) is 5.92 Å². The van der Waals surface area contributed by atoms with Crippen LogP contribution in [0.5, 0.6) is 5.75 Å². The Morgan fingerprint density at radius 1 is 1.50 bits per heavy atom. The molecule has 1 aliphatic rings. The molecular formula is C15H21NO2. The molecule has 0 radical (unpaired) electrons. The summed E-state index contributed by atoms with van der Waals surface area (Å²) in [6.07, 6.45) is 3.00. The molecule has 1 saturated carbocycles. The number of ether oxygens (including phenoxy) is 1. The standard InChI is InChI=1S/C15H21NO2/c1-10-4-7-14(18-3)13(8-10)12(11-5-6-11)9-15(17)16-2/h4,7-8,11-12H,5-6,9H2,1-3H3,(H,16,17). The lowest BCUT2D eigenvalue weighted by molar-refractivity contribution is -0.121. The van der Waals surface area contributed by atoms with E-state index in [2.05, 4.69) is 18.3 Å². The van der Waals surface area contributed by atoms with Crippen LogP contribution in [0.4, 0.5) is 0 Å². The summed E-state index contributed by atoms with van der Waals surface area (Å²) in [5.74, 6) is 1.94. The van der Waals surface area contributed by atoms with E-state index in [-0.39, 0.29) is 5.91 Å². The van der Waals surface area contributed by atoms with Crippen LogP contribution in [0.15, 0.2) is 18.2 Å². The van der Waals surface area contributed by atoms with Gasteiger partial charge < -0.3 is 10.1 Å². The topological polar surface area (TPSA) is 38.3 Å². The van der Waals surface area contributed by atoms with E-state index < -0.39 is 0 Å². The molecule has 0 saturated heterocycles. The quantitative estimate of drug-likeness (QED) is 0.868. The second-order valence-electron chi connectivity index (χ2n) is 5.07. The number of rotatable bonds is 5. The van der Waals surface area contributed by atoms with Gasteiger partial charge in [0.1, 0.15) is 5.75 Å². The van der Waals surface area contributed by atoms with E-state index in [1.165, 1.54) is 24.0 Å². The van der Waals surface area contributed by atoms with E-state index in [1.807, 2.05) is 12.1 Å². The van der Waals surface area contributed by atoms with Crippen LogP contribution < -0.4 is 10.1 Å². The first-order valence-electron chi connectivity index (χ1n) is 6.50. The number of hydrogen-bond donors (Lipinski definition) is 1. The minimum absolute atomic E-state index is 0.107. The van der Waals surface area contributed by atoms with Crippen LogP contribution in [0.1, 0.15) is 36.3 Å². The molecular weight excluding hydrogens is 226 g/mol. The minimum atomic E-state index is 0.107. The van der Waals surface area contributed by atoms with Crippen LogP contribution in [0.2, 0.25) is 0 Å². The van der Waals surface area contributed by atoms with E-state index in [9.17, 15) is 4.79 Å². The molecule has 1 aliphatic carbocycles. The third-order valence-electron chi connectivity index (χ3n) is 3.66. The van der Waals surface area contributed by atoms with Gasteiger partial charge in [-0.1, -0.05) is 17.7 Å². The molecule has 1 unspecified atom stereocenters. The van der Waals surface area contributed by atoms with Crippen LogP contribution in [0.25, 0.3) is 0 Å². The van der Waals surface area contributed by atoms with Gasteiger partial charge in [-0.2, -0.15) is 0 Å². The van der Waals surface area contributed by atoms with Gasteiger partial charge in [0.2, 0.25) is 5.91 Å². The van der Waals surface area contributed by atoms with Crippen molar-refractivity contribution in [2.75, 3.05) is 14.2 Å². The lowest BCUT2D eigenvalue weighted by Gasteiger charge is -2.19. The SMILES string of the molecule is CNC(=O)CC(c1cc(C)ccc1OC)C1CC1. The molecule has 1 atom stereocenters. The molecule has 0 heterocycles. The molecule has 1 fully saturated rings. The van der Waals surface area contributed by atoms with Crippen LogP contribution in [-0.2, 0) is 4.79 Å². The van der Waals surface area contributed by atoms with Gasteiger partial charge in [0, 0.05) is 13.5 Å². The molecule has 0 spiro atoms. The third kappa shape index (κ3) is 2.84. The van der Waals surface area contributed by atoms with E-state index in [0.29, 0.717) is 18.3 Å². The van der Waals surface area contributed by atoms with Gasteiger partial charge in [0.05, 0.1) is 7.11 Å². The van der Waals surface area contributed by atoms with Crippen LogP contribution in [-0.4, -0.2) is 20.1 Å². The van der Waals surface area contributed by atoms with Crippen molar-refractivity contribution in [2.45, 2.75) is 32.1 Å². The Balaban J connectivity index is 2.29. The zero-order valence-corrected chi connectivity index (χ0v) is 11.3. The number of hydrogen-bond acceptors (Lipinski definition) is 2. The van der Waals surface area contributed by atoms with Gasteiger partial charge >= 0.3 is 0 Å². The summed E-state index contributed by atoms with van der Waals surface area (Å²) in [6, 6.07) is 6.21. The maximum absolute atomic E-state index is 11.7. The summed E-state index contributed by atoms with van der Waals surface area (Å²) in [6.45, 7) is 2.08. The maximum atomic E-state index is 11.7. The molecule has 1 N–H and O–H groups in total. The summed E-state index contributed by atoms with van der Waals surface area (Å²) >= 11 is 0. The number of carbonyl (C=O) groups excluding carboxylic acids is 1. The van der Waals surface area contributed by atoms with Gasteiger partial charge in [-0.15, -0.1) is 0 Å². The number of aryl methyl sites for hydroxylation is 1. The molecule has 1 amide bonds. The molecule has 1 aromatic carbocycles. The largest absolute Gasteiger partial charge is 0.496 e. The van der Waals surface area contributed by atoms with E-state index in [1.54, 1.807) is 14.2 Å². The lowest BCUT2D eigenvalue weighted by atomic mass is 9.89. The summed E-state index contributed by atoms with van der Waals surface area (Å²) in [5.41, 5.74) is 2.40. The fraction of sp³-hybridized carbons (Fsp3) is 0.533. The van der Waals surface area contributed by atoms with Gasteiger partial charge in [0.15, 0.2) is 0 Å². The lowest BCUT2D eigenvalue weighted by Crippen LogP contribution is -2.21. The smallest absolute Gasteiger partial charge is 0.220 e. The molecule has 0 bridgehead atoms. The predicted octanol–water partition coefficient (Wildman–Crippen LogP) is 2.63. The Morgan fingerprint density at radius 3 is 2.78 bits per heavy atom. The van der Waals surface area contributed by atoms with Gasteiger partial charge in [-0.3, -0.25) is 4.79 Å². The first-order chi connectivity index (χ1) is 8.65. The number of carbonyl (C=O) groups is 1. The van der Waals surface area contributed by atoms with Crippen molar-refractivity contribution >= 4 is 5.91 Å². The van der Waals surface area contributed by atoms with Crippen molar-refractivity contribution in [3.05, 3.63) is 29.3 Å². The van der Waals surface area contributed by atoms with E-state index in [4.69, 9.17) is 4.74 Å². The molecule has 0 aliphatic heterocycles. The Morgan fingerprint density at radius 2 is 2.22 bits per heavy atom. The van der Waals surface area contributed by atoms with Crippen molar-refractivity contribution < 1.29 is 9.53 Å². The average Bonchev–Trinajstić information content (AvgIpc) is 3.19. The summed E-state index contributed by atoms with van der Waals surface area (Å²) in [5, 5.41) is 2.72. The minimum Gasteiger partial charge on any atom is -0.496 e. The Labute approximate surface area is 109 Å². The van der Waals surface area contributed by atoms with Crippen molar-refractivity contribution in [3.8, 4) is 5.75 Å². The van der Waals surface area contributed by atoms with Crippen molar-refractivity contribution in [1.82, 2.24) is 5.32 Å². The Bertz CT molecular complexity index is 438. The number of amides is 1. The molecule has 3 heteroatoms. The highest BCUT2D eigenvalue weighted by atomic mass is 16.5. The highest BCUT2D eigenvalue weighted by molar-refractivity contribution is 5.76. The third-order valence-corrected chi connectivity index (χ3v) is 3.66. The zero-order valence-electron chi connectivity index (χ0n) is 11.3. The molecule has 1 aromatic rings. The van der Waals surface area contributed by atoms with E-state index in [0.717, 1.165) is 5.75 Å². The zero-order chi connectivity index (χ0) is 13.1. The average molecular weight is 247 g/mol.